The summed E-state index contributed by atoms with van der Waals surface area (Å²) < 4.78 is 2.09. The molecule has 0 amide bonds. The summed E-state index contributed by atoms with van der Waals surface area (Å²) in [7, 11) is 0. The minimum Gasteiger partial charge on any atom is -0.329 e. The van der Waals surface area contributed by atoms with Crippen molar-refractivity contribution >= 4 is 11.0 Å². The molecule has 0 atom stereocenters. The normalized spacial score (nSPS) is 14.7. The first kappa shape index (κ1) is 12.5. The van der Waals surface area contributed by atoms with Crippen LogP contribution in [0.3, 0.4) is 0 Å². The first-order valence-corrected chi connectivity index (χ1v) is 7.46. The molecule has 3 aromatic rings. The molecule has 1 aliphatic rings. The lowest BCUT2D eigenvalue weighted by molar-refractivity contribution is 0.728. The molecule has 0 unspecified atom stereocenters. The monoisotopic (exact) mass is 278 g/mol. The highest BCUT2D eigenvalue weighted by Gasteiger charge is 2.23. The lowest BCUT2D eigenvalue weighted by atomic mass is 10.1. The van der Waals surface area contributed by atoms with Gasteiger partial charge < -0.3 is 10.3 Å². The van der Waals surface area contributed by atoms with E-state index in [9.17, 15) is 0 Å². The molecular weight excluding hydrogens is 260 g/mol. The quantitative estimate of drug-likeness (QED) is 0.798. The van der Waals surface area contributed by atoms with E-state index in [4.69, 9.17) is 5.73 Å². The van der Waals surface area contributed by atoms with Crippen LogP contribution in [0.1, 0.15) is 24.3 Å². The molecule has 0 spiro atoms. The number of pyridine rings is 1. The molecule has 0 aliphatic heterocycles. The lowest BCUT2D eigenvalue weighted by Gasteiger charge is -2.05. The zero-order valence-electron chi connectivity index (χ0n) is 11.9. The van der Waals surface area contributed by atoms with Crippen LogP contribution in [0.4, 0.5) is 0 Å². The van der Waals surface area contributed by atoms with E-state index >= 15 is 0 Å². The highest BCUT2D eigenvalue weighted by atomic mass is 15.0. The number of nitrogens with zero attached hydrogens (tertiary/aromatic N) is 3. The molecule has 1 aliphatic carbocycles. The first-order valence-electron chi connectivity index (χ1n) is 7.46. The van der Waals surface area contributed by atoms with Crippen molar-refractivity contribution in [3.63, 3.8) is 0 Å². The lowest BCUT2D eigenvalue weighted by Crippen LogP contribution is -2.08. The van der Waals surface area contributed by atoms with Crippen LogP contribution < -0.4 is 5.73 Å². The molecule has 1 fully saturated rings. The Balaban J connectivity index is 1.74. The van der Waals surface area contributed by atoms with E-state index in [0.29, 0.717) is 6.54 Å². The van der Waals surface area contributed by atoms with Gasteiger partial charge in [0.1, 0.15) is 0 Å². The van der Waals surface area contributed by atoms with E-state index < -0.39 is 0 Å². The van der Waals surface area contributed by atoms with Gasteiger partial charge in [-0.1, -0.05) is 6.07 Å². The summed E-state index contributed by atoms with van der Waals surface area (Å²) in [6.45, 7) is 1.42. The van der Waals surface area contributed by atoms with Gasteiger partial charge in [0, 0.05) is 24.8 Å². The van der Waals surface area contributed by atoms with Gasteiger partial charge in [0.25, 0.3) is 0 Å². The van der Waals surface area contributed by atoms with E-state index in [-0.39, 0.29) is 0 Å². The van der Waals surface area contributed by atoms with Gasteiger partial charge in [-0.2, -0.15) is 0 Å². The van der Waals surface area contributed by atoms with E-state index in [1.165, 1.54) is 18.4 Å². The predicted octanol–water partition coefficient (Wildman–Crippen LogP) is 2.93. The van der Waals surface area contributed by atoms with Gasteiger partial charge in [0.2, 0.25) is 0 Å². The van der Waals surface area contributed by atoms with Crippen molar-refractivity contribution in [1.29, 1.82) is 0 Å². The van der Waals surface area contributed by atoms with E-state index in [1.54, 1.807) is 0 Å². The highest BCUT2D eigenvalue weighted by Crippen LogP contribution is 2.40. The van der Waals surface area contributed by atoms with Crippen LogP contribution in [0, 0.1) is 0 Å². The number of hydrogen-bond donors (Lipinski definition) is 1. The summed E-state index contributed by atoms with van der Waals surface area (Å²) in [6.07, 6.45) is 6.40. The fourth-order valence-corrected chi connectivity index (χ4v) is 2.82. The molecule has 2 aromatic heterocycles. The molecule has 4 nitrogen and oxygen atoms in total. The van der Waals surface area contributed by atoms with Gasteiger partial charge in [-0.15, -0.1) is 0 Å². The van der Waals surface area contributed by atoms with Crippen LogP contribution in [0.15, 0.2) is 42.9 Å². The first-order chi connectivity index (χ1) is 10.3. The Labute approximate surface area is 123 Å². The summed E-state index contributed by atoms with van der Waals surface area (Å²) in [5, 5.41) is 0. The third-order valence-electron chi connectivity index (χ3n) is 4.12. The van der Waals surface area contributed by atoms with Crippen LogP contribution in [-0.4, -0.2) is 21.1 Å². The van der Waals surface area contributed by atoms with Crippen molar-refractivity contribution in [3.8, 4) is 11.3 Å². The van der Waals surface area contributed by atoms with Crippen LogP contribution >= 0.6 is 0 Å². The van der Waals surface area contributed by atoms with Gasteiger partial charge >= 0.3 is 0 Å². The Kier molecular flexibility index (Phi) is 2.97. The van der Waals surface area contributed by atoms with Gasteiger partial charge in [0.15, 0.2) is 0 Å². The van der Waals surface area contributed by atoms with Crippen LogP contribution in [0.25, 0.3) is 22.3 Å². The number of imidazole rings is 1. The summed E-state index contributed by atoms with van der Waals surface area (Å²) in [5.74, 6) is 0.749. The second-order valence-electron chi connectivity index (χ2n) is 5.68. The fraction of sp³-hybridized carbons (Fsp3) is 0.294. The third-order valence-corrected chi connectivity index (χ3v) is 4.12. The number of rotatable bonds is 4. The van der Waals surface area contributed by atoms with Crippen molar-refractivity contribution in [2.45, 2.75) is 25.3 Å². The Morgan fingerprint density at radius 2 is 2.05 bits per heavy atom. The molecule has 4 heteroatoms. The summed E-state index contributed by atoms with van der Waals surface area (Å²) in [5.41, 5.74) is 11.3. The van der Waals surface area contributed by atoms with Crippen LogP contribution in [0.2, 0.25) is 0 Å². The maximum atomic E-state index is 5.62. The third kappa shape index (κ3) is 2.32. The molecule has 21 heavy (non-hydrogen) atoms. The molecule has 0 saturated heterocycles. The van der Waals surface area contributed by atoms with Crippen molar-refractivity contribution in [1.82, 2.24) is 14.5 Å². The Bertz CT molecular complexity index is 786. The van der Waals surface area contributed by atoms with Crippen LogP contribution in [0.5, 0.6) is 0 Å². The average Bonchev–Trinajstić information content (AvgIpc) is 3.30. The van der Waals surface area contributed by atoms with Gasteiger partial charge in [-0.05, 0) is 48.6 Å². The smallest absolute Gasteiger partial charge is 0.0958 e. The zero-order valence-corrected chi connectivity index (χ0v) is 11.9. The molecular formula is C17H18N4. The molecule has 106 valence electrons. The van der Waals surface area contributed by atoms with Gasteiger partial charge in [0.05, 0.1) is 23.1 Å². The Hall–Kier alpha value is -2.20. The van der Waals surface area contributed by atoms with Crippen molar-refractivity contribution < 1.29 is 0 Å². The summed E-state index contributed by atoms with van der Waals surface area (Å²) in [4.78, 5) is 8.99. The number of aromatic nitrogens is 3. The topological polar surface area (TPSA) is 56.7 Å². The molecule has 1 aromatic carbocycles. The molecule has 0 bridgehead atoms. The van der Waals surface area contributed by atoms with Crippen LogP contribution in [-0.2, 0) is 6.54 Å². The second-order valence-corrected chi connectivity index (χ2v) is 5.68. The standard InChI is InChI=1S/C17H18N4/c18-6-8-21-11-20-16-10-14(3-4-17(16)21)15-9-13(5-7-19-15)12-1-2-12/h3-5,7,9-12H,1-2,6,8,18H2. The highest BCUT2D eigenvalue weighted by molar-refractivity contribution is 5.81. The summed E-state index contributed by atoms with van der Waals surface area (Å²) in [6, 6.07) is 10.7. The number of fused-ring (bicyclic) bond motifs is 1. The maximum absolute atomic E-state index is 5.62. The maximum Gasteiger partial charge on any atom is 0.0958 e. The van der Waals surface area contributed by atoms with E-state index in [0.717, 1.165) is 34.8 Å². The molecule has 4 rings (SSSR count). The molecule has 1 saturated carbocycles. The van der Waals surface area contributed by atoms with E-state index in [1.807, 2.05) is 12.5 Å². The second kappa shape index (κ2) is 4.97. The average molecular weight is 278 g/mol. The van der Waals surface area contributed by atoms with Crippen molar-refractivity contribution in [3.05, 3.63) is 48.4 Å². The number of nitrogens with two attached hydrogens (primary N) is 1. The molecule has 0 radical (unpaired) electrons. The van der Waals surface area contributed by atoms with Crippen molar-refractivity contribution in [2.24, 2.45) is 5.73 Å². The Morgan fingerprint density at radius 1 is 1.14 bits per heavy atom. The fourth-order valence-electron chi connectivity index (χ4n) is 2.82. The van der Waals surface area contributed by atoms with Gasteiger partial charge in [-0.25, -0.2) is 4.98 Å². The zero-order chi connectivity index (χ0) is 14.2. The van der Waals surface area contributed by atoms with Gasteiger partial charge in [-0.3, -0.25) is 4.98 Å². The SMILES string of the molecule is NCCn1cnc2cc(-c3cc(C4CC4)ccn3)ccc21. The Morgan fingerprint density at radius 3 is 2.86 bits per heavy atom. The largest absolute Gasteiger partial charge is 0.329 e. The molecule has 2 heterocycles. The summed E-state index contributed by atoms with van der Waals surface area (Å²) >= 11 is 0. The van der Waals surface area contributed by atoms with Crippen molar-refractivity contribution in [2.75, 3.05) is 6.54 Å². The molecule has 2 N–H and O–H groups in total. The number of benzene rings is 1. The minimum absolute atomic E-state index is 0.623. The number of hydrogen-bond acceptors (Lipinski definition) is 3. The van der Waals surface area contributed by atoms with E-state index in [2.05, 4.69) is 44.9 Å². The predicted molar refractivity (Wildman–Crippen MR) is 84.0 cm³/mol. The minimum atomic E-state index is 0.623.